The van der Waals surface area contributed by atoms with Crippen molar-refractivity contribution >= 4 is 17.3 Å². The fraction of sp³-hybridized carbons (Fsp3) is 0.188. The number of nitrogens with zero attached hydrogens (tertiary/aromatic N) is 1. The van der Waals surface area contributed by atoms with E-state index in [1.165, 1.54) is 18.4 Å². The standard InChI is InChI=1S/C16H15NO2/c1-19-16(18)13-7-3-5-9-15(13)17-11-10-12-6-2-4-8-14(12)17/h2-9H,10-11H2,1H3. The number of para-hydroxylation sites is 2. The van der Waals surface area contributed by atoms with Crippen LogP contribution in [0.2, 0.25) is 0 Å². The molecule has 3 rings (SSSR count). The molecule has 0 radical (unpaired) electrons. The molecule has 3 nitrogen and oxygen atoms in total. The van der Waals surface area contributed by atoms with Gasteiger partial charge in [-0.2, -0.15) is 0 Å². The number of carbonyl (C=O) groups excluding carboxylic acids is 1. The maximum Gasteiger partial charge on any atom is 0.339 e. The molecule has 1 heterocycles. The maximum absolute atomic E-state index is 11.9. The summed E-state index contributed by atoms with van der Waals surface area (Å²) in [5.41, 5.74) is 4.03. The molecule has 0 amide bonds. The van der Waals surface area contributed by atoms with Crippen LogP contribution in [0.15, 0.2) is 48.5 Å². The highest BCUT2D eigenvalue weighted by atomic mass is 16.5. The highest BCUT2D eigenvalue weighted by Crippen LogP contribution is 2.36. The number of fused-ring (bicyclic) bond motifs is 1. The van der Waals surface area contributed by atoms with Crippen molar-refractivity contribution in [1.29, 1.82) is 0 Å². The minimum Gasteiger partial charge on any atom is -0.465 e. The molecular weight excluding hydrogens is 238 g/mol. The molecule has 0 fully saturated rings. The lowest BCUT2D eigenvalue weighted by molar-refractivity contribution is 0.0601. The van der Waals surface area contributed by atoms with Crippen LogP contribution in [0.4, 0.5) is 11.4 Å². The van der Waals surface area contributed by atoms with Crippen molar-refractivity contribution in [1.82, 2.24) is 0 Å². The van der Waals surface area contributed by atoms with E-state index in [1.54, 1.807) is 0 Å². The predicted octanol–water partition coefficient (Wildman–Crippen LogP) is 3.17. The number of ether oxygens (including phenoxy) is 1. The molecular formula is C16H15NO2. The third kappa shape index (κ3) is 1.97. The fourth-order valence-electron chi connectivity index (χ4n) is 2.58. The van der Waals surface area contributed by atoms with Gasteiger partial charge in [-0.1, -0.05) is 30.3 Å². The molecule has 2 aromatic carbocycles. The van der Waals surface area contributed by atoms with Crippen LogP contribution in [0.5, 0.6) is 0 Å². The van der Waals surface area contributed by atoms with E-state index in [2.05, 4.69) is 23.1 Å². The Balaban J connectivity index is 2.07. The summed E-state index contributed by atoms with van der Waals surface area (Å²) in [7, 11) is 1.41. The monoisotopic (exact) mass is 253 g/mol. The van der Waals surface area contributed by atoms with Gasteiger partial charge in [0.05, 0.1) is 18.4 Å². The normalized spacial score (nSPS) is 13.2. The molecule has 3 heteroatoms. The summed E-state index contributed by atoms with van der Waals surface area (Å²) < 4.78 is 4.86. The van der Waals surface area contributed by atoms with E-state index in [4.69, 9.17) is 4.74 Å². The molecule has 0 bridgehead atoms. The van der Waals surface area contributed by atoms with Crippen molar-refractivity contribution in [2.75, 3.05) is 18.6 Å². The van der Waals surface area contributed by atoms with E-state index in [-0.39, 0.29) is 5.97 Å². The van der Waals surface area contributed by atoms with E-state index < -0.39 is 0 Å². The third-order valence-corrected chi connectivity index (χ3v) is 3.49. The summed E-state index contributed by atoms with van der Waals surface area (Å²) in [4.78, 5) is 14.0. The SMILES string of the molecule is COC(=O)c1ccccc1N1CCc2ccccc21. The molecule has 0 aliphatic carbocycles. The van der Waals surface area contributed by atoms with Crippen LogP contribution in [0, 0.1) is 0 Å². The van der Waals surface area contributed by atoms with Crippen molar-refractivity contribution in [3.05, 3.63) is 59.7 Å². The molecule has 2 aromatic rings. The van der Waals surface area contributed by atoms with Crippen molar-refractivity contribution in [2.24, 2.45) is 0 Å². The molecule has 0 N–H and O–H groups in total. The van der Waals surface area contributed by atoms with Crippen LogP contribution in [-0.2, 0) is 11.2 Å². The highest BCUT2D eigenvalue weighted by Gasteiger charge is 2.23. The van der Waals surface area contributed by atoms with Crippen LogP contribution in [0.3, 0.4) is 0 Å². The smallest absolute Gasteiger partial charge is 0.339 e. The molecule has 0 unspecified atom stereocenters. The number of benzene rings is 2. The summed E-state index contributed by atoms with van der Waals surface area (Å²) >= 11 is 0. The maximum atomic E-state index is 11.9. The molecule has 1 aliphatic rings. The lowest BCUT2D eigenvalue weighted by Crippen LogP contribution is -2.17. The topological polar surface area (TPSA) is 29.5 Å². The lowest BCUT2D eigenvalue weighted by Gasteiger charge is -2.21. The number of rotatable bonds is 2. The molecule has 96 valence electrons. The van der Waals surface area contributed by atoms with Gasteiger partial charge in [0.1, 0.15) is 0 Å². The van der Waals surface area contributed by atoms with Crippen molar-refractivity contribution in [3.8, 4) is 0 Å². The number of anilines is 2. The van der Waals surface area contributed by atoms with E-state index in [0.717, 1.165) is 18.7 Å². The zero-order valence-electron chi connectivity index (χ0n) is 10.8. The second kappa shape index (κ2) is 4.76. The number of hydrogen-bond acceptors (Lipinski definition) is 3. The first kappa shape index (κ1) is 11.8. The van der Waals surface area contributed by atoms with Gasteiger partial charge in [-0.3, -0.25) is 0 Å². The van der Waals surface area contributed by atoms with Crippen LogP contribution in [-0.4, -0.2) is 19.6 Å². The fourth-order valence-corrected chi connectivity index (χ4v) is 2.58. The van der Waals surface area contributed by atoms with E-state index in [9.17, 15) is 4.79 Å². The average molecular weight is 253 g/mol. The van der Waals surface area contributed by atoms with Gasteiger partial charge in [-0.15, -0.1) is 0 Å². The molecule has 0 atom stereocenters. The third-order valence-electron chi connectivity index (χ3n) is 3.49. The van der Waals surface area contributed by atoms with E-state index in [1.807, 2.05) is 30.3 Å². The molecule has 0 aromatic heterocycles. The number of carbonyl (C=O) groups is 1. The molecule has 1 aliphatic heterocycles. The molecule has 19 heavy (non-hydrogen) atoms. The Morgan fingerprint density at radius 1 is 1.05 bits per heavy atom. The van der Waals surface area contributed by atoms with Gasteiger partial charge >= 0.3 is 5.97 Å². The lowest BCUT2D eigenvalue weighted by atomic mass is 10.1. The van der Waals surface area contributed by atoms with Crippen molar-refractivity contribution < 1.29 is 9.53 Å². The first-order valence-electron chi connectivity index (χ1n) is 6.34. The van der Waals surface area contributed by atoms with Gasteiger partial charge < -0.3 is 9.64 Å². The minimum absolute atomic E-state index is 0.292. The Morgan fingerprint density at radius 3 is 2.53 bits per heavy atom. The van der Waals surface area contributed by atoms with Crippen LogP contribution < -0.4 is 4.90 Å². The van der Waals surface area contributed by atoms with Gasteiger partial charge in [-0.05, 0) is 30.2 Å². The zero-order valence-corrected chi connectivity index (χ0v) is 10.8. The first-order valence-corrected chi connectivity index (χ1v) is 6.34. The van der Waals surface area contributed by atoms with Gasteiger partial charge in [0.25, 0.3) is 0 Å². The Bertz CT molecular complexity index is 622. The Hall–Kier alpha value is -2.29. The second-order valence-corrected chi connectivity index (χ2v) is 4.54. The summed E-state index contributed by atoms with van der Waals surface area (Å²) in [5.74, 6) is -0.292. The van der Waals surface area contributed by atoms with Gasteiger partial charge in [0, 0.05) is 12.2 Å². The Labute approximate surface area is 112 Å². The Morgan fingerprint density at radius 2 is 1.74 bits per heavy atom. The molecule has 0 spiro atoms. The van der Waals surface area contributed by atoms with E-state index >= 15 is 0 Å². The predicted molar refractivity (Wildman–Crippen MR) is 74.9 cm³/mol. The van der Waals surface area contributed by atoms with Crippen molar-refractivity contribution in [3.63, 3.8) is 0 Å². The van der Waals surface area contributed by atoms with Crippen LogP contribution in [0.25, 0.3) is 0 Å². The zero-order chi connectivity index (χ0) is 13.2. The highest BCUT2D eigenvalue weighted by molar-refractivity contribution is 5.97. The quantitative estimate of drug-likeness (QED) is 0.770. The minimum atomic E-state index is -0.292. The summed E-state index contributed by atoms with van der Waals surface area (Å²) in [6.07, 6.45) is 1.01. The van der Waals surface area contributed by atoms with Gasteiger partial charge in [-0.25, -0.2) is 4.79 Å². The number of methoxy groups -OCH3 is 1. The number of esters is 1. The van der Waals surface area contributed by atoms with Gasteiger partial charge in [0.2, 0.25) is 0 Å². The van der Waals surface area contributed by atoms with E-state index in [0.29, 0.717) is 5.56 Å². The molecule has 0 saturated carbocycles. The largest absolute Gasteiger partial charge is 0.465 e. The number of hydrogen-bond donors (Lipinski definition) is 0. The average Bonchev–Trinajstić information content (AvgIpc) is 2.90. The summed E-state index contributed by atoms with van der Waals surface area (Å²) in [6, 6.07) is 15.9. The second-order valence-electron chi connectivity index (χ2n) is 4.54. The first-order chi connectivity index (χ1) is 9.31. The van der Waals surface area contributed by atoms with Crippen molar-refractivity contribution in [2.45, 2.75) is 6.42 Å². The summed E-state index contributed by atoms with van der Waals surface area (Å²) in [5, 5.41) is 0. The van der Waals surface area contributed by atoms with Gasteiger partial charge in [0.15, 0.2) is 0 Å². The Kier molecular flexibility index (Phi) is 2.95. The van der Waals surface area contributed by atoms with Crippen LogP contribution in [0.1, 0.15) is 15.9 Å². The molecule has 0 saturated heterocycles. The van der Waals surface area contributed by atoms with Crippen LogP contribution >= 0.6 is 0 Å². The summed E-state index contributed by atoms with van der Waals surface area (Å²) in [6.45, 7) is 0.896.